The summed E-state index contributed by atoms with van der Waals surface area (Å²) in [6.45, 7) is 2.80. The molecule has 1 aliphatic heterocycles. The normalized spacial score (nSPS) is 18.8. The van der Waals surface area contributed by atoms with Gasteiger partial charge in [0.25, 0.3) is 5.91 Å². The van der Waals surface area contributed by atoms with Crippen molar-refractivity contribution in [3.05, 3.63) is 41.0 Å². The van der Waals surface area contributed by atoms with Gasteiger partial charge in [-0.1, -0.05) is 11.6 Å². The first kappa shape index (κ1) is 13.2. The minimum absolute atomic E-state index is 0.0127. The molecule has 1 amide bonds. The van der Waals surface area contributed by atoms with Crippen LogP contribution in [0, 0.1) is 0 Å². The lowest BCUT2D eigenvalue weighted by Gasteiger charge is -2.21. The summed E-state index contributed by atoms with van der Waals surface area (Å²) in [6, 6.07) is 5.84. The second kappa shape index (κ2) is 5.70. The highest BCUT2D eigenvalue weighted by Gasteiger charge is 2.18. The third-order valence-corrected chi connectivity index (χ3v) is 4.18. The second-order valence-corrected chi connectivity index (χ2v) is 5.64. The van der Waals surface area contributed by atoms with E-state index in [0.29, 0.717) is 0 Å². The molecule has 1 aromatic carbocycles. The molecular weight excluding hydrogens is 250 g/mol. The third kappa shape index (κ3) is 2.72. The van der Waals surface area contributed by atoms with Crippen LogP contribution in [0.4, 0.5) is 0 Å². The van der Waals surface area contributed by atoms with Crippen molar-refractivity contribution in [1.29, 1.82) is 0 Å². The van der Waals surface area contributed by atoms with Crippen LogP contribution in [0.1, 0.15) is 48.5 Å². The average Bonchev–Trinajstić information content (AvgIpc) is 2.95. The SMILES string of the molecule is CC(NC(=O)c1ccc2c(c1)CCO2)C1=CCCCC1. The molecule has 0 saturated carbocycles. The van der Waals surface area contributed by atoms with Crippen LogP contribution in [0.3, 0.4) is 0 Å². The fourth-order valence-electron chi connectivity index (χ4n) is 2.96. The molecule has 3 rings (SSSR count). The Balaban J connectivity index is 1.68. The van der Waals surface area contributed by atoms with E-state index in [1.165, 1.54) is 18.4 Å². The summed E-state index contributed by atoms with van der Waals surface area (Å²) in [7, 11) is 0. The van der Waals surface area contributed by atoms with Crippen LogP contribution in [0.2, 0.25) is 0 Å². The van der Waals surface area contributed by atoms with Crippen LogP contribution >= 0.6 is 0 Å². The summed E-state index contributed by atoms with van der Waals surface area (Å²) in [4.78, 5) is 12.3. The van der Waals surface area contributed by atoms with Gasteiger partial charge in [0.2, 0.25) is 0 Å². The Morgan fingerprint density at radius 1 is 1.30 bits per heavy atom. The van der Waals surface area contributed by atoms with E-state index in [1.54, 1.807) is 0 Å². The highest BCUT2D eigenvalue weighted by molar-refractivity contribution is 5.95. The maximum absolute atomic E-state index is 12.3. The predicted octanol–water partition coefficient (Wildman–Crippen LogP) is 3.24. The van der Waals surface area contributed by atoms with Gasteiger partial charge in [-0.05, 0) is 56.4 Å². The minimum Gasteiger partial charge on any atom is -0.493 e. The molecule has 3 nitrogen and oxygen atoms in total. The Labute approximate surface area is 120 Å². The van der Waals surface area contributed by atoms with Gasteiger partial charge in [0.05, 0.1) is 6.61 Å². The van der Waals surface area contributed by atoms with E-state index in [0.717, 1.165) is 42.7 Å². The van der Waals surface area contributed by atoms with Crippen LogP contribution in [-0.2, 0) is 6.42 Å². The van der Waals surface area contributed by atoms with E-state index < -0.39 is 0 Å². The van der Waals surface area contributed by atoms with E-state index in [2.05, 4.69) is 18.3 Å². The number of nitrogens with one attached hydrogen (secondary N) is 1. The topological polar surface area (TPSA) is 38.3 Å². The largest absolute Gasteiger partial charge is 0.493 e. The number of hydrogen-bond donors (Lipinski definition) is 1. The molecule has 3 heteroatoms. The van der Waals surface area contributed by atoms with Gasteiger partial charge in [0, 0.05) is 18.0 Å². The monoisotopic (exact) mass is 271 g/mol. The first-order chi connectivity index (χ1) is 9.74. The van der Waals surface area contributed by atoms with Gasteiger partial charge >= 0.3 is 0 Å². The molecule has 2 aliphatic rings. The molecule has 0 spiro atoms. The molecule has 1 unspecified atom stereocenters. The number of rotatable bonds is 3. The van der Waals surface area contributed by atoms with Crippen molar-refractivity contribution in [1.82, 2.24) is 5.32 Å². The van der Waals surface area contributed by atoms with Gasteiger partial charge in [-0.25, -0.2) is 0 Å². The van der Waals surface area contributed by atoms with Crippen LogP contribution in [0.5, 0.6) is 5.75 Å². The molecular formula is C17H21NO2. The fourth-order valence-corrected chi connectivity index (χ4v) is 2.96. The Bertz CT molecular complexity index is 548. The number of ether oxygens (including phenoxy) is 1. The number of allylic oxidation sites excluding steroid dienone is 1. The molecule has 0 bridgehead atoms. The van der Waals surface area contributed by atoms with Crippen LogP contribution in [-0.4, -0.2) is 18.6 Å². The van der Waals surface area contributed by atoms with E-state index >= 15 is 0 Å². The van der Waals surface area contributed by atoms with Gasteiger partial charge in [-0.15, -0.1) is 0 Å². The van der Waals surface area contributed by atoms with Gasteiger partial charge < -0.3 is 10.1 Å². The lowest BCUT2D eigenvalue weighted by molar-refractivity contribution is 0.0944. The molecule has 1 N–H and O–H groups in total. The summed E-state index contributed by atoms with van der Waals surface area (Å²) >= 11 is 0. The van der Waals surface area contributed by atoms with Gasteiger partial charge in [0.15, 0.2) is 0 Å². The number of fused-ring (bicyclic) bond motifs is 1. The number of hydrogen-bond acceptors (Lipinski definition) is 2. The first-order valence-corrected chi connectivity index (χ1v) is 7.49. The molecule has 0 aromatic heterocycles. The molecule has 1 aromatic rings. The van der Waals surface area contributed by atoms with Crippen LogP contribution < -0.4 is 10.1 Å². The molecule has 106 valence electrons. The van der Waals surface area contributed by atoms with Crippen molar-refractivity contribution in [3.8, 4) is 5.75 Å². The van der Waals surface area contributed by atoms with E-state index in [4.69, 9.17) is 4.74 Å². The van der Waals surface area contributed by atoms with Gasteiger partial charge in [-0.3, -0.25) is 4.79 Å². The predicted molar refractivity (Wildman–Crippen MR) is 79.1 cm³/mol. The molecule has 0 fully saturated rings. The summed E-state index contributed by atoms with van der Waals surface area (Å²) in [5.41, 5.74) is 3.24. The zero-order valence-electron chi connectivity index (χ0n) is 11.9. The highest BCUT2D eigenvalue weighted by atomic mass is 16.5. The lowest BCUT2D eigenvalue weighted by atomic mass is 9.94. The van der Waals surface area contributed by atoms with E-state index in [9.17, 15) is 4.79 Å². The summed E-state index contributed by atoms with van der Waals surface area (Å²) in [5.74, 6) is 0.934. The van der Waals surface area contributed by atoms with Crippen molar-refractivity contribution in [2.75, 3.05) is 6.61 Å². The van der Waals surface area contributed by atoms with Crippen molar-refractivity contribution in [2.24, 2.45) is 0 Å². The zero-order valence-corrected chi connectivity index (χ0v) is 11.9. The van der Waals surface area contributed by atoms with Crippen molar-refractivity contribution < 1.29 is 9.53 Å². The maximum Gasteiger partial charge on any atom is 0.251 e. The third-order valence-electron chi connectivity index (χ3n) is 4.18. The number of carbonyl (C=O) groups excluding carboxylic acids is 1. The van der Waals surface area contributed by atoms with E-state index in [1.807, 2.05) is 18.2 Å². The van der Waals surface area contributed by atoms with E-state index in [-0.39, 0.29) is 11.9 Å². The average molecular weight is 271 g/mol. The molecule has 20 heavy (non-hydrogen) atoms. The lowest BCUT2D eigenvalue weighted by Crippen LogP contribution is -2.34. The number of carbonyl (C=O) groups is 1. The molecule has 0 radical (unpaired) electrons. The second-order valence-electron chi connectivity index (χ2n) is 5.64. The molecule has 0 saturated heterocycles. The number of amides is 1. The Hall–Kier alpha value is -1.77. The van der Waals surface area contributed by atoms with Crippen molar-refractivity contribution >= 4 is 5.91 Å². The highest BCUT2D eigenvalue weighted by Crippen LogP contribution is 2.26. The standard InChI is InChI=1S/C17H21NO2/c1-12(13-5-3-2-4-6-13)18-17(19)15-7-8-16-14(11-15)9-10-20-16/h5,7-8,11-12H,2-4,6,9-10H2,1H3,(H,18,19). The molecule has 1 heterocycles. The van der Waals surface area contributed by atoms with Gasteiger partial charge in [0.1, 0.15) is 5.75 Å². The Kier molecular flexibility index (Phi) is 3.77. The number of benzene rings is 1. The van der Waals surface area contributed by atoms with Crippen LogP contribution in [0.15, 0.2) is 29.8 Å². The first-order valence-electron chi connectivity index (χ1n) is 7.49. The molecule has 1 atom stereocenters. The maximum atomic E-state index is 12.3. The summed E-state index contributed by atoms with van der Waals surface area (Å²) in [5, 5.41) is 3.11. The van der Waals surface area contributed by atoms with Crippen LogP contribution in [0.25, 0.3) is 0 Å². The zero-order chi connectivity index (χ0) is 13.9. The van der Waals surface area contributed by atoms with Crippen molar-refractivity contribution in [2.45, 2.75) is 45.1 Å². The quantitative estimate of drug-likeness (QED) is 0.857. The minimum atomic E-state index is 0.0127. The smallest absolute Gasteiger partial charge is 0.251 e. The van der Waals surface area contributed by atoms with Gasteiger partial charge in [-0.2, -0.15) is 0 Å². The van der Waals surface area contributed by atoms with Crippen molar-refractivity contribution in [3.63, 3.8) is 0 Å². The summed E-state index contributed by atoms with van der Waals surface area (Å²) in [6.07, 6.45) is 7.95. The Morgan fingerprint density at radius 3 is 3.00 bits per heavy atom. The molecule has 1 aliphatic carbocycles. The Morgan fingerprint density at radius 2 is 2.20 bits per heavy atom. The summed E-state index contributed by atoms with van der Waals surface area (Å²) < 4.78 is 5.47. The fraction of sp³-hybridized carbons (Fsp3) is 0.471.